The van der Waals surface area contributed by atoms with Crippen molar-refractivity contribution in [3.8, 4) is 16.9 Å². The lowest BCUT2D eigenvalue weighted by molar-refractivity contribution is -0.241. The summed E-state index contributed by atoms with van der Waals surface area (Å²) in [6, 6.07) is 17.0. The van der Waals surface area contributed by atoms with Crippen LogP contribution in [0.25, 0.3) is 11.1 Å². The topological polar surface area (TPSA) is 93.1 Å². The zero-order valence-corrected chi connectivity index (χ0v) is 16.6. The van der Waals surface area contributed by atoms with Crippen LogP contribution in [0.4, 0.5) is 0 Å². The van der Waals surface area contributed by atoms with Crippen LogP contribution in [0.3, 0.4) is 0 Å². The van der Waals surface area contributed by atoms with Crippen molar-refractivity contribution >= 4 is 23.7 Å². The molecule has 0 spiro atoms. The predicted octanol–water partition coefficient (Wildman–Crippen LogP) is 4.35. The van der Waals surface area contributed by atoms with E-state index in [1.165, 1.54) is 11.8 Å². The van der Waals surface area contributed by atoms with E-state index in [2.05, 4.69) is 4.89 Å². The summed E-state index contributed by atoms with van der Waals surface area (Å²) in [7, 11) is 0. The number of rotatable bonds is 10. The maximum Gasteiger partial charge on any atom is 0.317 e. The van der Waals surface area contributed by atoms with Crippen molar-refractivity contribution in [2.75, 3.05) is 12.4 Å². The average Bonchev–Trinajstić information content (AvgIpc) is 2.67. The molecule has 2 aromatic rings. The molecule has 0 aliphatic rings. The first-order chi connectivity index (χ1) is 13.3. The lowest BCUT2D eigenvalue weighted by atomic mass is 9.96. The number of hydrogen-bond acceptors (Lipinski definition) is 6. The van der Waals surface area contributed by atoms with E-state index in [1.54, 1.807) is 26.0 Å². The Morgan fingerprint density at radius 2 is 1.71 bits per heavy atom. The third kappa shape index (κ3) is 6.37. The van der Waals surface area contributed by atoms with Gasteiger partial charge in [-0.1, -0.05) is 48.5 Å². The largest absolute Gasteiger partial charge is 0.481 e. The van der Waals surface area contributed by atoms with Crippen LogP contribution in [-0.4, -0.2) is 39.9 Å². The predicted molar refractivity (Wildman–Crippen MR) is 108 cm³/mol. The molecule has 2 N–H and O–H groups in total. The van der Waals surface area contributed by atoms with Crippen LogP contribution < -0.4 is 4.74 Å². The molecule has 0 radical (unpaired) electrons. The smallest absolute Gasteiger partial charge is 0.317 e. The van der Waals surface area contributed by atoms with Crippen molar-refractivity contribution < 1.29 is 29.6 Å². The fraction of sp³-hybridized carbons (Fsp3) is 0.333. The highest BCUT2D eigenvalue weighted by molar-refractivity contribution is 8.00. The Labute approximate surface area is 168 Å². The summed E-state index contributed by atoms with van der Waals surface area (Å²) in [4.78, 5) is 27.8. The second kappa shape index (κ2) is 10.3. The van der Waals surface area contributed by atoms with Gasteiger partial charge >= 0.3 is 11.9 Å². The van der Waals surface area contributed by atoms with Gasteiger partial charge in [-0.25, -0.2) is 4.89 Å². The SMILES string of the molecule is CC(C)(CSC(COO)CC(=O)O)C(=O)Oc1ccccc1-c1ccccc1. The van der Waals surface area contributed by atoms with Gasteiger partial charge < -0.3 is 9.84 Å². The summed E-state index contributed by atoms with van der Waals surface area (Å²) >= 11 is 1.25. The zero-order chi connectivity index (χ0) is 20.6. The van der Waals surface area contributed by atoms with Gasteiger partial charge in [-0.2, -0.15) is 11.8 Å². The number of para-hydroxylation sites is 1. The molecule has 0 fully saturated rings. The van der Waals surface area contributed by atoms with E-state index >= 15 is 0 Å². The van der Waals surface area contributed by atoms with Crippen LogP contribution in [0.1, 0.15) is 20.3 Å². The molecule has 0 saturated carbocycles. The lowest BCUT2D eigenvalue weighted by Gasteiger charge is -2.24. The number of benzene rings is 2. The van der Waals surface area contributed by atoms with Gasteiger partial charge in [0, 0.05) is 16.6 Å². The molecule has 0 aliphatic heterocycles. The Morgan fingerprint density at radius 3 is 2.36 bits per heavy atom. The minimum Gasteiger partial charge on any atom is -0.481 e. The molecule has 1 atom stereocenters. The van der Waals surface area contributed by atoms with Crippen molar-refractivity contribution in [3.63, 3.8) is 0 Å². The van der Waals surface area contributed by atoms with Crippen molar-refractivity contribution in [2.24, 2.45) is 5.41 Å². The van der Waals surface area contributed by atoms with E-state index in [-0.39, 0.29) is 13.0 Å². The maximum atomic E-state index is 12.8. The quantitative estimate of drug-likeness (QED) is 0.263. The number of aliphatic carboxylic acids is 1. The van der Waals surface area contributed by atoms with E-state index in [4.69, 9.17) is 15.1 Å². The average molecular weight is 404 g/mol. The molecule has 1 unspecified atom stereocenters. The Balaban J connectivity index is 2.08. The molecule has 0 saturated heterocycles. The van der Waals surface area contributed by atoms with Crippen LogP contribution in [0.5, 0.6) is 5.75 Å². The van der Waals surface area contributed by atoms with Gasteiger partial charge in [0.05, 0.1) is 18.4 Å². The maximum absolute atomic E-state index is 12.8. The molecule has 7 heteroatoms. The molecule has 0 amide bonds. The van der Waals surface area contributed by atoms with Crippen molar-refractivity contribution in [3.05, 3.63) is 54.6 Å². The van der Waals surface area contributed by atoms with Crippen molar-refractivity contribution in [2.45, 2.75) is 25.5 Å². The molecule has 28 heavy (non-hydrogen) atoms. The summed E-state index contributed by atoms with van der Waals surface area (Å²) in [6.07, 6.45) is -0.173. The molecule has 2 rings (SSSR count). The fourth-order valence-electron chi connectivity index (χ4n) is 2.48. The van der Waals surface area contributed by atoms with Gasteiger partial charge in [0.1, 0.15) is 5.75 Å². The minimum atomic E-state index is -0.994. The first-order valence-electron chi connectivity index (χ1n) is 8.80. The molecular weight excluding hydrogens is 380 g/mol. The van der Waals surface area contributed by atoms with Gasteiger partial charge in [0.25, 0.3) is 0 Å². The van der Waals surface area contributed by atoms with E-state index in [1.807, 2.05) is 42.5 Å². The van der Waals surface area contributed by atoms with E-state index in [0.717, 1.165) is 11.1 Å². The van der Waals surface area contributed by atoms with Gasteiger partial charge in [-0.05, 0) is 25.5 Å². The Bertz CT molecular complexity index is 790. The monoisotopic (exact) mass is 404 g/mol. The number of ether oxygens (including phenoxy) is 1. The molecular formula is C21H24O6S. The molecule has 2 aromatic carbocycles. The van der Waals surface area contributed by atoms with Crippen LogP contribution in [0.2, 0.25) is 0 Å². The number of hydrogen-bond donors (Lipinski definition) is 2. The second-order valence-electron chi connectivity index (χ2n) is 6.96. The minimum absolute atomic E-state index is 0.126. The number of carboxylic acids is 1. The molecule has 0 aromatic heterocycles. The molecule has 0 heterocycles. The van der Waals surface area contributed by atoms with Crippen molar-refractivity contribution in [1.29, 1.82) is 0 Å². The Kier molecular flexibility index (Phi) is 8.04. The number of carbonyl (C=O) groups is 2. The fourth-order valence-corrected chi connectivity index (χ4v) is 3.67. The van der Waals surface area contributed by atoms with Gasteiger partial charge in [-0.15, -0.1) is 0 Å². The summed E-state index contributed by atoms with van der Waals surface area (Å²) in [6.45, 7) is 3.36. The number of carbonyl (C=O) groups excluding carboxylic acids is 1. The third-order valence-corrected chi connectivity index (χ3v) is 5.73. The zero-order valence-electron chi connectivity index (χ0n) is 15.8. The number of carboxylic acid groups (broad SMARTS) is 1. The molecule has 0 bridgehead atoms. The van der Waals surface area contributed by atoms with E-state index in [0.29, 0.717) is 11.5 Å². The third-order valence-electron chi connectivity index (χ3n) is 4.07. The second-order valence-corrected chi connectivity index (χ2v) is 8.25. The van der Waals surface area contributed by atoms with Crippen LogP contribution in [-0.2, 0) is 14.5 Å². The van der Waals surface area contributed by atoms with Crippen LogP contribution in [0.15, 0.2) is 54.6 Å². The standard InChI is InChI=1S/C21H24O6S/c1-21(2,14-28-16(13-26-25)12-19(22)23)20(24)27-18-11-7-6-10-17(18)15-8-4-3-5-9-15/h3-11,16,25H,12-14H2,1-2H3,(H,22,23). The Hall–Kier alpha value is -2.35. The highest BCUT2D eigenvalue weighted by Gasteiger charge is 2.32. The normalized spacial score (nSPS) is 12.4. The molecule has 150 valence electrons. The van der Waals surface area contributed by atoms with E-state index in [9.17, 15) is 9.59 Å². The summed E-state index contributed by atoms with van der Waals surface area (Å²) in [5.41, 5.74) is 0.901. The Morgan fingerprint density at radius 1 is 1.07 bits per heavy atom. The summed E-state index contributed by atoms with van der Waals surface area (Å²) < 4.78 is 5.69. The summed E-state index contributed by atoms with van der Waals surface area (Å²) in [5, 5.41) is 17.1. The summed E-state index contributed by atoms with van der Waals surface area (Å²) in [5.74, 6) is -0.618. The first-order valence-corrected chi connectivity index (χ1v) is 9.85. The van der Waals surface area contributed by atoms with Crippen LogP contribution >= 0.6 is 11.8 Å². The van der Waals surface area contributed by atoms with Crippen LogP contribution in [0, 0.1) is 5.41 Å². The lowest BCUT2D eigenvalue weighted by Crippen LogP contribution is -2.33. The van der Waals surface area contributed by atoms with Crippen molar-refractivity contribution in [1.82, 2.24) is 0 Å². The highest BCUT2D eigenvalue weighted by Crippen LogP contribution is 2.33. The number of esters is 1. The first kappa shape index (κ1) is 21.9. The highest BCUT2D eigenvalue weighted by atomic mass is 32.2. The van der Waals surface area contributed by atoms with Gasteiger partial charge in [0.15, 0.2) is 0 Å². The number of thioether (sulfide) groups is 1. The molecule has 0 aliphatic carbocycles. The van der Waals surface area contributed by atoms with Gasteiger partial charge in [-0.3, -0.25) is 14.8 Å². The molecule has 6 nitrogen and oxygen atoms in total. The van der Waals surface area contributed by atoms with E-state index < -0.39 is 22.6 Å². The van der Waals surface area contributed by atoms with Gasteiger partial charge in [0.2, 0.25) is 0 Å².